The summed E-state index contributed by atoms with van der Waals surface area (Å²) in [7, 11) is 3.72. The largest absolute Gasteiger partial charge is 0.497 e. The fourth-order valence-corrected chi connectivity index (χ4v) is 6.44. The van der Waals surface area contributed by atoms with Crippen LogP contribution >= 0.6 is 11.8 Å². The molecule has 0 aliphatic carbocycles. The van der Waals surface area contributed by atoms with Crippen LogP contribution in [-0.2, 0) is 20.9 Å². The van der Waals surface area contributed by atoms with Gasteiger partial charge in [0.1, 0.15) is 22.4 Å². The molecule has 2 aromatic carbocycles. The van der Waals surface area contributed by atoms with Gasteiger partial charge in [-0.3, -0.25) is 14.4 Å². The number of likely N-dealkylation sites (N-methyl/N-ethyl adjacent to an activating group) is 2. The maximum Gasteiger partial charge on any atom is 0.240 e. The summed E-state index contributed by atoms with van der Waals surface area (Å²) in [6, 6.07) is 14.0. The summed E-state index contributed by atoms with van der Waals surface area (Å²) in [4.78, 5) is 44.7. The summed E-state index contributed by atoms with van der Waals surface area (Å²) in [5.41, 5.74) is 8.85. The molecule has 2 aliphatic rings. The van der Waals surface area contributed by atoms with Gasteiger partial charge in [-0.15, -0.1) is 11.8 Å². The van der Waals surface area contributed by atoms with E-state index in [-0.39, 0.29) is 23.0 Å². The molecule has 12 heteroatoms. The van der Waals surface area contributed by atoms with E-state index in [0.717, 1.165) is 55.4 Å². The van der Waals surface area contributed by atoms with Crippen LogP contribution in [0.1, 0.15) is 18.9 Å². The monoisotopic (exact) mass is 597 g/mol. The Kier molecular flexibility index (Phi) is 11.5. The van der Waals surface area contributed by atoms with E-state index in [1.165, 1.54) is 11.8 Å². The Bertz CT molecular complexity index is 1190. The van der Waals surface area contributed by atoms with E-state index in [1.807, 2.05) is 55.5 Å². The molecular formula is C30H43N7O4S. The number of carbonyl (C=O) groups is 3. The second-order valence-corrected chi connectivity index (χ2v) is 12.0. The molecule has 5 N–H and O–H groups in total. The highest BCUT2D eigenvalue weighted by molar-refractivity contribution is 8.01. The summed E-state index contributed by atoms with van der Waals surface area (Å²) < 4.78 is 5.17. The van der Waals surface area contributed by atoms with E-state index in [0.29, 0.717) is 26.1 Å². The maximum absolute atomic E-state index is 13.1. The van der Waals surface area contributed by atoms with E-state index in [4.69, 9.17) is 10.5 Å². The highest BCUT2D eigenvalue weighted by Crippen LogP contribution is 2.33. The minimum absolute atomic E-state index is 0.00216. The predicted octanol–water partition coefficient (Wildman–Crippen LogP) is 1.62. The van der Waals surface area contributed by atoms with Crippen LogP contribution in [0, 0.1) is 0 Å². The number of nitrogens with two attached hydrogens (primary N) is 1. The van der Waals surface area contributed by atoms with Crippen molar-refractivity contribution in [2.24, 2.45) is 5.73 Å². The zero-order chi connectivity index (χ0) is 30.1. The van der Waals surface area contributed by atoms with Gasteiger partial charge in [-0.2, -0.15) is 0 Å². The number of anilines is 2. The molecule has 2 heterocycles. The molecule has 3 amide bonds. The zero-order valence-electron chi connectivity index (χ0n) is 24.7. The first-order valence-corrected chi connectivity index (χ1v) is 15.4. The predicted molar refractivity (Wildman–Crippen MR) is 167 cm³/mol. The van der Waals surface area contributed by atoms with Crippen LogP contribution in [0.15, 0.2) is 48.5 Å². The zero-order valence-corrected chi connectivity index (χ0v) is 25.5. The number of nitrogens with zero attached hydrogens (tertiary/aromatic N) is 3. The van der Waals surface area contributed by atoms with E-state index < -0.39 is 11.4 Å². The molecular weight excluding hydrogens is 554 g/mol. The van der Waals surface area contributed by atoms with Crippen LogP contribution in [0.2, 0.25) is 0 Å². The van der Waals surface area contributed by atoms with E-state index >= 15 is 0 Å². The Labute approximate surface area is 252 Å². The lowest BCUT2D eigenvalue weighted by atomic mass is 10.2. The number of hydrogen-bond donors (Lipinski definition) is 4. The molecule has 0 bridgehead atoms. The van der Waals surface area contributed by atoms with Crippen molar-refractivity contribution in [3.05, 3.63) is 54.1 Å². The Hall–Kier alpha value is -3.32. The highest BCUT2D eigenvalue weighted by Gasteiger charge is 2.44. The summed E-state index contributed by atoms with van der Waals surface area (Å²) in [6.07, 6.45) is 0.460. The second-order valence-electron chi connectivity index (χ2n) is 10.6. The molecule has 0 radical (unpaired) electrons. The van der Waals surface area contributed by atoms with Crippen LogP contribution in [0.3, 0.4) is 0 Å². The first-order chi connectivity index (χ1) is 20.3. The van der Waals surface area contributed by atoms with Gasteiger partial charge < -0.3 is 41.1 Å². The summed E-state index contributed by atoms with van der Waals surface area (Å²) >= 11 is 1.41. The summed E-state index contributed by atoms with van der Waals surface area (Å²) in [6.45, 7) is 7.91. The number of ether oxygens (including phenoxy) is 1. The number of methoxy groups -OCH3 is 1. The van der Waals surface area contributed by atoms with Crippen molar-refractivity contribution in [3.8, 4) is 5.75 Å². The lowest BCUT2D eigenvalue weighted by molar-refractivity contribution is -0.131. The number of nitrogens with one attached hydrogen (secondary N) is 3. The van der Waals surface area contributed by atoms with Gasteiger partial charge in [-0.1, -0.05) is 12.1 Å². The lowest BCUT2D eigenvalue weighted by Crippen LogP contribution is -2.52. The Morgan fingerprint density at radius 3 is 2.36 bits per heavy atom. The van der Waals surface area contributed by atoms with Crippen LogP contribution in [0.4, 0.5) is 11.4 Å². The van der Waals surface area contributed by atoms with Gasteiger partial charge in [0.2, 0.25) is 17.7 Å². The minimum Gasteiger partial charge on any atom is -0.497 e. The number of amides is 3. The maximum atomic E-state index is 13.1. The number of rotatable bonds is 13. The Morgan fingerprint density at radius 2 is 1.71 bits per heavy atom. The van der Waals surface area contributed by atoms with Crippen molar-refractivity contribution >= 4 is 40.9 Å². The molecule has 0 aromatic heterocycles. The van der Waals surface area contributed by atoms with Gasteiger partial charge in [0.05, 0.1) is 7.11 Å². The molecule has 1 unspecified atom stereocenters. The Balaban J connectivity index is 1.22. The first kappa shape index (κ1) is 31.6. The highest BCUT2D eigenvalue weighted by atomic mass is 32.2. The number of hydrogen-bond acceptors (Lipinski definition) is 9. The topological polar surface area (TPSA) is 132 Å². The molecule has 2 saturated heterocycles. The quantitative estimate of drug-likeness (QED) is 0.272. The molecule has 3 atom stereocenters. The van der Waals surface area contributed by atoms with Crippen LogP contribution in [-0.4, -0.2) is 109 Å². The molecule has 42 heavy (non-hydrogen) atoms. The molecule has 2 fully saturated rings. The third-order valence-electron chi connectivity index (χ3n) is 7.66. The van der Waals surface area contributed by atoms with Crippen molar-refractivity contribution in [3.63, 3.8) is 0 Å². The van der Waals surface area contributed by atoms with Crippen LogP contribution < -0.4 is 26.4 Å². The molecule has 11 nitrogen and oxygen atoms in total. The number of thioether (sulfide) groups is 1. The molecule has 4 rings (SSSR count). The van der Waals surface area contributed by atoms with Crippen LogP contribution in [0.25, 0.3) is 0 Å². The lowest BCUT2D eigenvalue weighted by Gasteiger charge is -2.32. The smallest absolute Gasteiger partial charge is 0.240 e. The number of carbonyl (C=O) groups excluding carboxylic acids is 3. The first-order valence-electron chi connectivity index (χ1n) is 14.4. The van der Waals surface area contributed by atoms with Gasteiger partial charge in [-0.25, -0.2) is 0 Å². The summed E-state index contributed by atoms with van der Waals surface area (Å²) in [5, 5.41) is 8.34. The molecule has 2 aliphatic heterocycles. The third kappa shape index (κ3) is 8.60. The van der Waals surface area contributed by atoms with Crippen LogP contribution in [0.5, 0.6) is 5.75 Å². The van der Waals surface area contributed by atoms with E-state index in [9.17, 15) is 14.4 Å². The Morgan fingerprint density at radius 1 is 1.05 bits per heavy atom. The van der Waals surface area contributed by atoms with Gasteiger partial charge in [-0.05, 0) is 55.9 Å². The van der Waals surface area contributed by atoms with Crippen molar-refractivity contribution in [2.45, 2.75) is 36.6 Å². The fourth-order valence-electron chi connectivity index (χ4n) is 4.98. The van der Waals surface area contributed by atoms with Gasteiger partial charge in [0, 0.05) is 70.2 Å². The van der Waals surface area contributed by atoms with E-state index in [1.54, 1.807) is 12.0 Å². The molecule has 0 saturated carbocycles. The second kappa shape index (κ2) is 15.2. The molecule has 228 valence electrons. The average molecular weight is 598 g/mol. The standard InChI is InChI=1S/C30H43N7O4S/c1-4-37-29(40)25(42-30(37)27(31)28(39)33-19-21-5-11-24(41-3)12-6-21)20-32-22-7-9-23(10-8-22)34-26(38)13-14-36-17-15-35(2)16-18-36/h5-12,25,27,30,32H,4,13-20,31H2,1-3H3,(H,33,39)(H,34,38)/t25-,27-,30?/m1/s1. The average Bonchev–Trinajstić information content (AvgIpc) is 3.33. The van der Waals surface area contributed by atoms with Crippen molar-refractivity contribution in [1.29, 1.82) is 0 Å². The van der Waals surface area contributed by atoms with Gasteiger partial charge in [0.25, 0.3) is 0 Å². The fraction of sp³-hybridized carbons (Fsp3) is 0.500. The van der Waals surface area contributed by atoms with Crippen molar-refractivity contribution in [2.75, 3.05) is 70.6 Å². The third-order valence-corrected chi connectivity index (χ3v) is 9.18. The van der Waals surface area contributed by atoms with Crippen molar-refractivity contribution < 1.29 is 19.1 Å². The minimum atomic E-state index is -0.860. The summed E-state index contributed by atoms with van der Waals surface area (Å²) in [5.74, 6) is 0.403. The number of piperazine rings is 1. The van der Waals surface area contributed by atoms with E-state index in [2.05, 4.69) is 32.8 Å². The van der Waals surface area contributed by atoms with Gasteiger partial charge >= 0.3 is 0 Å². The number of benzene rings is 2. The molecule has 2 aromatic rings. The normalized spacial score (nSPS) is 20.3. The van der Waals surface area contributed by atoms with Crippen molar-refractivity contribution in [1.82, 2.24) is 20.0 Å². The SMILES string of the molecule is CCN1C(=O)[C@@H](CNc2ccc(NC(=O)CCN3CCN(C)CC3)cc2)SC1[C@H](N)C(=O)NCc1ccc(OC)cc1. The molecule has 0 spiro atoms. The van der Waals surface area contributed by atoms with Gasteiger partial charge in [0.15, 0.2) is 0 Å².